The van der Waals surface area contributed by atoms with Gasteiger partial charge in [-0.2, -0.15) is 0 Å². The van der Waals surface area contributed by atoms with Gasteiger partial charge in [-0.1, -0.05) is 75.2 Å². The van der Waals surface area contributed by atoms with Gasteiger partial charge in [-0.25, -0.2) is 8.78 Å². The Morgan fingerprint density at radius 1 is 0.680 bits per heavy atom. The molecule has 0 amide bonds. The number of hydrogen-bond donors (Lipinski definition) is 0. The minimum atomic E-state index is -0.716. The molecular formula is C23H28F2. The summed E-state index contributed by atoms with van der Waals surface area (Å²) in [6, 6.07) is 15.9. The second-order valence-corrected chi connectivity index (χ2v) is 6.59. The zero-order chi connectivity index (χ0) is 18.1. The van der Waals surface area contributed by atoms with Gasteiger partial charge >= 0.3 is 0 Å². The highest BCUT2D eigenvalue weighted by Crippen LogP contribution is 2.25. The van der Waals surface area contributed by atoms with Crippen molar-refractivity contribution in [3.63, 3.8) is 0 Å². The summed E-state index contributed by atoms with van der Waals surface area (Å²) in [5, 5.41) is 0. The first-order valence-corrected chi connectivity index (χ1v) is 9.35. The van der Waals surface area contributed by atoms with Gasteiger partial charge in [-0.05, 0) is 42.4 Å². The molecule has 0 bridgehead atoms. The fourth-order valence-corrected chi connectivity index (χ4v) is 2.87. The third-order valence-corrected chi connectivity index (χ3v) is 4.46. The number of aryl methyl sites for hydroxylation is 3. The van der Waals surface area contributed by atoms with Crippen molar-refractivity contribution in [2.45, 2.75) is 58.8 Å². The Morgan fingerprint density at radius 2 is 1.16 bits per heavy atom. The summed E-state index contributed by atoms with van der Waals surface area (Å²) in [5.74, 6) is -1.35. The van der Waals surface area contributed by atoms with E-state index < -0.39 is 11.7 Å². The van der Waals surface area contributed by atoms with Gasteiger partial charge in [0.05, 0.1) is 0 Å². The van der Waals surface area contributed by atoms with E-state index >= 15 is 0 Å². The van der Waals surface area contributed by atoms with Crippen molar-refractivity contribution < 1.29 is 8.78 Å². The van der Waals surface area contributed by atoms with Crippen LogP contribution in [-0.4, -0.2) is 0 Å². The maximum absolute atomic E-state index is 14.0. The molecule has 2 aromatic rings. The Bertz CT molecular complexity index is 666. The van der Waals surface area contributed by atoms with E-state index in [2.05, 4.69) is 31.2 Å². The van der Waals surface area contributed by atoms with E-state index in [1.165, 1.54) is 11.1 Å². The molecule has 134 valence electrons. The SMILES string of the molecule is CCCC/C(F)=C(\F)c1ccc(CCc2ccc(CCC)cc2)cc1. The molecule has 0 nitrogen and oxygen atoms in total. The topological polar surface area (TPSA) is 0 Å². The number of allylic oxidation sites excluding steroid dienone is 1. The summed E-state index contributed by atoms with van der Waals surface area (Å²) in [7, 11) is 0. The fourth-order valence-electron chi connectivity index (χ4n) is 2.87. The Balaban J connectivity index is 1.93. The van der Waals surface area contributed by atoms with Gasteiger partial charge in [0.25, 0.3) is 0 Å². The van der Waals surface area contributed by atoms with Gasteiger partial charge in [0, 0.05) is 12.0 Å². The zero-order valence-electron chi connectivity index (χ0n) is 15.3. The van der Waals surface area contributed by atoms with E-state index in [4.69, 9.17) is 0 Å². The average molecular weight is 342 g/mol. The van der Waals surface area contributed by atoms with Crippen LogP contribution in [0.3, 0.4) is 0 Å². The molecule has 0 N–H and O–H groups in total. The number of halogens is 2. The lowest BCUT2D eigenvalue weighted by Crippen LogP contribution is -1.93. The van der Waals surface area contributed by atoms with Crippen LogP contribution < -0.4 is 0 Å². The summed E-state index contributed by atoms with van der Waals surface area (Å²) in [5.41, 5.74) is 4.16. The molecule has 0 unspecified atom stereocenters. The number of hydrogen-bond acceptors (Lipinski definition) is 0. The third-order valence-electron chi connectivity index (χ3n) is 4.46. The summed E-state index contributed by atoms with van der Waals surface area (Å²) in [6.07, 6.45) is 5.85. The minimum Gasteiger partial charge on any atom is -0.209 e. The smallest absolute Gasteiger partial charge is 0.161 e. The Hall–Kier alpha value is -1.96. The summed E-state index contributed by atoms with van der Waals surface area (Å²) in [4.78, 5) is 0. The van der Waals surface area contributed by atoms with E-state index in [-0.39, 0.29) is 6.42 Å². The van der Waals surface area contributed by atoms with Crippen LogP contribution >= 0.6 is 0 Å². The van der Waals surface area contributed by atoms with Crippen LogP contribution in [0.5, 0.6) is 0 Å². The Labute approximate surface area is 150 Å². The highest BCUT2D eigenvalue weighted by Gasteiger charge is 2.08. The first-order valence-electron chi connectivity index (χ1n) is 9.35. The van der Waals surface area contributed by atoms with E-state index in [9.17, 15) is 8.78 Å². The molecule has 2 heteroatoms. The van der Waals surface area contributed by atoms with Gasteiger partial charge in [0.15, 0.2) is 5.83 Å². The molecule has 2 rings (SSSR count). The predicted molar refractivity (Wildman–Crippen MR) is 103 cm³/mol. The molecule has 25 heavy (non-hydrogen) atoms. The maximum Gasteiger partial charge on any atom is 0.161 e. The minimum absolute atomic E-state index is 0.179. The normalized spacial score (nSPS) is 12.2. The van der Waals surface area contributed by atoms with Crippen LogP contribution in [0, 0.1) is 0 Å². The molecule has 0 heterocycles. The largest absolute Gasteiger partial charge is 0.209 e. The van der Waals surface area contributed by atoms with Crippen LogP contribution in [0.15, 0.2) is 54.4 Å². The maximum atomic E-state index is 14.0. The van der Waals surface area contributed by atoms with Crippen LogP contribution in [-0.2, 0) is 19.3 Å². The van der Waals surface area contributed by atoms with Crippen molar-refractivity contribution in [1.29, 1.82) is 0 Å². The molecule has 0 spiro atoms. The van der Waals surface area contributed by atoms with Crippen molar-refractivity contribution in [3.8, 4) is 0 Å². The number of rotatable bonds is 9. The van der Waals surface area contributed by atoms with Crippen LogP contribution in [0.2, 0.25) is 0 Å². The molecule has 2 aromatic carbocycles. The van der Waals surface area contributed by atoms with Crippen molar-refractivity contribution >= 4 is 5.83 Å². The zero-order valence-corrected chi connectivity index (χ0v) is 15.3. The number of unbranched alkanes of at least 4 members (excludes halogenated alkanes) is 1. The molecule has 0 aromatic heterocycles. The van der Waals surface area contributed by atoms with E-state index in [0.29, 0.717) is 12.0 Å². The van der Waals surface area contributed by atoms with Gasteiger partial charge < -0.3 is 0 Å². The highest BCUT2D eigenvalue weighted by atomic mass is 19.2. The van der Waals surface area contributed by atoms with Gasteiger partial charge in [-0.3, -0.25) is 0 Å². The standard InChI is InChI=1S/C23H28F2/c1-3-5-7-22(24)23(25)21-16-14-20(15-17-21)13-12-19-10-8-18(6-4-2)9-11-19/h8-11,14-17H,3-7,12-13H2,1-2H3/b23-22+. The predicted octanol–water partition coefficient (Wildman–Crippen LogP) is 7.22. The first-order chi connectivity index (χ1) is 12.1. The van der Waals surface area contributed by atoms with E-state index in [1.807, 2.05) is 19.1 Å². The lowest BCUT2D eigenvalue weighted by molar-refractivity contribution is 0.548. The average Bonchev–Trinajstić information content (AvgIpc) is 2.65. The van der Waals surface area contributed by atoms with Gasteiger partial charge in [0.2, 0.25) is 0 Å². The quantitative estimate of drug-likeness (QED) is 0.451. The second kappa shape index (κ2) is 10.1. The van der Waals surface area contributed by atoms with E-state index in [1.54, 1.807) is 12.1 Å². The summed E-state index contributed by atoms with van der Waals surface area (Å²) >= 11 is 0. The third kappa shape index (κ3) is 6.12. The van der Waals surface area contributed by atoms with Crippen molar-refractivity contribution in [2.75, 3.05) is 0 Å². The van der Waals surface area contributed by atoms with Crippen molar-refractivity contribution in [1.82, 2.24) is 0 Å². The summed E-state index contributed by atoms with van der Waals surface area (Å²) < 4.78 is 27.8. The summed E-state index contributed by atoms with van der Waals surface area (Å²) in [6.45, 7) is 4.16. The molecular weight excluding hydrogens is 314 g/mol. The number of benzene rings is 2. The monoisotopic (exact) mass is 342 g/mol. The van der Waals surface area contributed by atoms with Crippen LogP contribution in [0.4, 0.5) is 8.78 Å². The molecule has 0 aliphatic rings. The van der Waals surface area contributed by atoms with Gasteiger partial charge in [0.1, 0.15) is 5.83 Å². The van der Waals surface area contributed by atoms with Crippen molar-refractivity contribution in [2.24, 2.45) is 0 Å². The van der Waals surface area contributed by atoms with Crippen LogP contribution in [0.25, 0.3) is 5.83 Å². The molecule has 0 atom stereocenters. The fraction of sp³-hybridized carbons (Fsp3) is 0.391. The van der Waals surface area contributed by atoms with Gasteiger partial charge in [-0.15, -0.1) is 0 Å². The molecule has 0 saturated carbocycles. The Morgan fingerprint density at radius 3 is 1.64 bits per heavy atom. The van der Waals surface area contributed by atoms with Crippen molar-refractivity contribution in [3.05, 3.63) is 76.6 Å². The lowest BCUT2D eigenvalue weighted by Gasteiger charge is -2.06. The molecule has 0 radical (unpaired) electrons. The first kappa shape index (κ1) is 19.4. The lowest BCUT2D eigenvalue weighted by atomic mass is 10.0. The molecule has 0 aliphatic carbocycles. The van der Waals surface area contributed by atoms with Crippen LogP contribution in [0.1, 0.15) is 61.8 Å². The highest BCUT2D eigenvalue weighted by molar-refractivity contribution is 5.61. The van der Waals surface area contributed by atoms with E-state index in [0.717, 1.165) is 37.7 Å². The molecule has 0 fully saturated rings. The molecule has 0 saturated heterocycles. The second-order valence-electron chi connectivity index (χ2n) is 6.59. The Kier molecular flexibility index (Phi) is 7.84. The molecule has 0 aliphatic heterocycles.